The van der Waals surface area contributed by atoms with Gasteiger partial charge in [-0.3, -0.25) is 15.8 Å². The smallest absolute Gasteiger partial charge is 0.0938 e. The molecule has 0 aliphatic heterocycles. The Bertz CT molecular complexity index is 707. The van der Waals surface area contributed by atoms with Gasteiger partial charge < -0.3 is 0 Å². The van der Waals surface area contributed by atoms with Crippen molar-refractivity contribution in [3.8, 4) is 0 Å². The highest BCUT2D eigenvalue weighted by atomic mass is 35.5. The number of fused-ring (bicyclic) bond motifs is 1. The fraction of sp³-hybridized carbons (Fsp3) is 0.0769. The van der Waals surface area contributed by atoms with E-state index in [4.69, 9.17) is 17.4 Å². The van der Waals surface area contributed by atoms with Crippen molar-refractivity contribution in [2.75, 3.05) is 0 Å². The van der Waals surface area contributed by atoms with Crippen LogP contribution in [0.4, 0.5) is 0 Å². The van der Waals surface area contributed by atoms with Gasteiger partial charge in [0.05, 0.1) is 22.1 Å². The summed E-state index contributed by atoms with van der Waals surface area (Å²) in [6.45, 7) is 0. The Labute approximate surface area is 119 Å². The van der Waals surface area contributed by atoms with E-state index in [2.05, 4.69) is 15.4 Å². The summed E-state index contributed by atoms with van der Waals surface area (Å²) in [7, 11) is 0. The molecular weight excluding hydrogens is 280 g/mol. The highest BCUT2D eigenvalue weighted by molar-refractivity contribution is 7.10. The molecular formula is C13H11ClN4S. The van der Waals surface area contributed by atoms with E-state index in [0.29, 0.717) is 5.02 Å². The van der Waals surface area contributed by atoms with Crippen molar-refractivity contribution < 1.29 is 0 Å². The number of benzene rings is 1. The first-order valence-corrected chi connectivity index (χ1v) is 6.95. The number of para-hydroxylation sites is 1. The van der Waals surface area contributed by atoms with Gasteiger partial charge >= 0.3 is 0 Å². The van der Waals surface area contributed by atoms with Crippen molar-refractivity contribution in [3.05, 3.63) is 57.5 Å². The van der Waals surface area contributed by atoms with E-state index < -0.39 is 0 Å². The highest BCUT2D eigenvalue weighted by Crippen LogP contribution is 2.34. The van der Waals surface area contributed by atoms with Gasteiger partial charge in [0, 0.05) is 22.8 Å². The highest BCUT2D eigenvalue weighted by Gasteiger charge is 2.19. The van der Waals surface area contributed by atoms with Crippen LogP contribution in [0.3, 0.4) is 0 Å². The quantitative estimate of drug-likeness (QED) is 0.575. The number of rotatable bonds is 3. The minimum atomic E-state index is -0.187. The molecule has 3 rings (SSSR count). The summed E-state index contributed by atoms with van der Waals surface area (Å²) >= 11 is 7.76. The molecule has 19 heavy (non-hydrogen) atoms. The molecule has 0 amide bonds. The molecule has 3 N–H and O–H groups in total. The molecule has 0 saturated carbocycles. The fourth-order valence-corrected chi connectivity index (χ4v) is 3.31. The van der Waals surface area contributed by atoms with Crippen LogP contribution in [-0.2, 0) is 0 Å². The number of nitrogens with zero attached hydrogens (tertiary/aromatic N) is 2. The number of hydrogen-bond donors (Lipinski definition) is 2. The number of hydrogen-bond acceptors (Lipinski definition) is 5. The van der Waals surface area contributed by atoms with Crippen molar-refractivity contribution in [1.82, 2.24) is 15.4 Å². The second-order valence-electron chi connectivity index (χ2n) is 4.00. The summed E-state index contributed by atoms with van der Waals surface area (Å²) in [5.41, 5.74) is 5.45. The molecule has 2 heterocycles. The lowest BCUT2D eigenvalue weighted by Gasteiger charge is -2.16. The zero-order chi connectivity index (χ0) is 13.2. The first-order chi connectivity index (χ1) is 9.31. The van der Waals surface area contributed by atoms with Gasteiger partial charge in [0.1, 0.15) is 0 Å². The van der Waals surface area contributed by atoms with E-state index in [0.717, 1.165) is 21.5 Å². The Hall–Kier alpha value is -1.53. The van der Waals surface area contributed by atoms with E-state index in [1.54, 1.807) is 23.7 Å². The number of hydrazine groups is 1. The van der Waals surface area contributed by atoms with E-state index in [1.807, 2.05) is 29.6 Å². The number of thiophene rings is 1. The van der Waals surface area contributed by atoms with Crippen LogP contribution in [0.1, 0.15) is 16.5 Å². The van der Waals surface area contributed by atoms with E-state index in [-0.39, 0.29) is 6.04 Å². The van der Waals surface area contributed by atoms with E-state index in [9.17, 15) is 0 Å². The number of halogens is 1. The van der Waals surface area contributed by atoms with Gasteiger partial charge in [0.2, 0.25) is 0 Å². The Morgan fingerprint density at radius 3 is 2.79 bits per heavy atom. The Kier molecular flexibility index (Phi) is 3.44. The molecule has 2 aromatic heterocycles. The molecule has 0 aliphatic rings. The number of nitrogens with one attached hydrogen (secondary N) is 1. The molecule has 4 nitrogen and oxygen atoms in total. The molecule has 1 unspecified atom stereocenters. The topological polar surface area (TPSA) is 63.8 Å². The molecule has 3 aromatic rings. The predicted molar refractivity (Wildman–Crippen MR) is 78.0 cm³/mol. The normalized spacial score (nSPS) is 12.7. The minimum absolute atomic E-state index is 0.187. The van der Waals surface area contributed by atoms with Gasteiger partial charge in [-0.05, 0) is 17.5 Å². The molecule has 0 fully saturated rings. The van der Waals surface area contributed by atoms with E-state index in [1.165, 1.54) is 0 Å². The van der Waals surface area contributed by atoms with Gasteiger partial charge in [-0.1, -0.05) is 23.7 Å². The lowest BCUT2D eigenvalue weighted by atomic mass is 10.0. The summed E-state index contributed by atoms with van der Waals surface area (Å²) in [6.07, 6.45) is 3.35. The summed E-state index contributed by atoms with van der Waals surface area (Å²) in [4.78, 5) is 9.67. The van der Waals surface area contributed by atoms with Gasteiger partial charge in [-0.2, -0.15) is 0 Å². The molecule has 0 spiro atoms. The SMILES string of the molecule is NNC(c1sccc1Cl)c1cccc2nccnc12. The second kappa shape index (κ2) is 5.22. The van der Waals surface area contributed by atoms with Crippen LogP contribution >= 0.6 is 22.9 Å². The largest absolute Gasteiger partial charge is 0.271 e. The predicted octanol–water partition coefficient (Wildman–Crippen LogP) is 2.90. The van der Waals surface area contributed by atoms with Crippen molar-refractivity contribution in [1.29, 1.82) is 0 Å². The van der Waals surface area contributed by atoms with Crippen LogP contribution in [0.2, 0.25) is 5.02 Å². The van der Waals surface area contributed by atoms with Crippen molar-refractivity contribution in [3.63, 3.8) is 0 Å². The van der Waals surface area contributed by atoms with Gasteiger partial charge in [0.15, 0.2) is 0 Å². The fourth-order valence-electron chi connectivity index (χ4n) is 2.07. The maximum Gasteiger partial charge on any atom is 0.0938 e. The van der Waals surface area contributed by atoms with Gasteiger partial charge in [0.25, 0.3) is 0 Å². The van der Waals surface area contributed by atoms with Crippen LogP contribution in [-0.4, -0.2) is 9.97 Å². The number of nitrogens with two attached hydrogens (primary N) is 1. The van der Waals surface area contributed by atoms with Crippen LogP contribution in [0, 0.1) is 0 Å². The first-order valence-electron chi connectivity index (χ1n) is 5.70. The first kappa shape index (κ1) is 12.5. The van der Waals surface area contributed by atoms with Crippen LogP contribution in [0.5, 0.6) is 0 Å². The summed E-state index contributed by atoms with van der Waals surface area (Å²) in [5.74, 6) is 5.71. The maximum absolute atomic E-state index is 6.19. The Morgan fingerprint density at radius 2 is 2.05 bits per heavy atom. The molecule has 0 aliphatic carbocycles. The molecule has 1 atom stereocenters. The standard InChI is InChI=1S/C13H11ClN4S/c14-9-4-7-19-13(9)12(18-15)8-2-1-3-10-11(8)17-6-5-16-10/h1-7,12,18H,15H2. The lowest BCUT2D eigenvalue weighted by Crippen LogP contribution is -2.28. The molecule has 0 radical (unpaired) electrons. The van der Waals surface area contributed by atoms with Crippen molar-refractivity contribution in [2.24, 2.45) is 5.84 Å². The zero-order valence-electron chi connectivity index (χ0n) is 9.88. The van der Waals surface area contributed by atoms with E-state index >= 15 is 0 Å². The monoisotopic (exact) mass is 290 g/mol. The molecule has 96 valence electrons. The molecule has 0 saturated heterocycles. The summed E-state index contributed by atoms with van der Waals surface area (Å²) in [6, 6.07) is 7.53. The summed E-state index contributed by atoms with van der Waals surface area (Å²) in [5, 5.41) is 2.65. The van der Waals surface area contributed by atoms with Gasteiger partial charge in [-0.25, -0.2) is 5.43 Å². The average Bonchev–Trinajstić information content (AvgIpc) is 2.86. The lowest BCUT2D eigenvalue weighted by molar-refractivity contribution is 0.649. The number of aromatic nitrogens is 2. The van der Waals surface area contributed by atoms with Crippen molar-refractivity contribution in [2.45, 2.75) is 6.04 Å². The Morgan fingerprint density at radius 1 is 1.21 bits per heavy atom. The third kappa shape index (κ3) is 2.21. The van der Waals surface area contributed by atoms with Crippen LogP contribution in [0.15, 0.2) is 42.0 Å². The third-order valence-electron chi connectivity index (χ3n) is 2.91. The van der Waals surface area contributed by atoms with Crippen molar-refractivity contribution >= 4 is 34.0 Å². The maximum atomic E-state index is 6.19. The minimum Gasteiger partial charge on any atom is -0.271 e. The second-order valence-corrected chi connectivity index (χ2v) is 5.36. The Balaban J connectivity index is 2.20. The van der Waals surface area contributed by atoms with Crippen LogP contribution < -0.4 is 11.3 Å². The molecule has 6 heteroatoms. The van der Waals surface area contributed by atoms with Crippen LogP contribution in [0.25, 0.3) is 11.0 Å². The molecule has 1 aromatic carbocycles. The van der Waals surface area contributed by atoms with Gasteiger partial charge in [-0.15, -0.1) is 11.3 Å². The summed E-state index contributed by atoms with van der Waals surface area (Å²) < 4.78 is 0. The average molecular weight is 291 g/mol. The molecule has 0 bridgehead atoms. The zero-order valence-corrected chi connectivity index (χ0v) is 11.4. The third-order valence-corrected chi connectivity index (χ3v) is 4.34.